The lowest BCUT2D eigenvalue weighted by Gasteiger charge is -2.26. The first-order chi connectivity index (χ1) is 13.4. The van der Waals surface area contributed by atoms with Crippen molar-refractivity contribution >= 4 is 16.2 Å². The van der Waals surface area contributed by atoms with Gasteiger partial charge in [-0.25, -0.2) is 4.79 Å². The van der Waals surface area contributed by atoms with Gasteiger partial charge in [0.2, 0.25) is 0 Å². The van der Waals surface area contributed by atoms with E-state index in [0.29, 0.717) is 19.0 Å². The summed E-state index contributed by atoms with van der Waals surface area (Å²) in [6.45, 7) is 4.94. The molecule has 2 heterocycles. The maximum absolute atomic E-state index is 12.3. The fourth-order valence-electron chi connectivity index (χ4n) is 4.07. The molecule has 8 nitrogen and oxygen atoms in total. The van der Waals surface area contributed by atoms with Crippen LogP contribution in [0.3, 0.4) is 0 Å². The van der Waals surface area contributed by atoms with Crippen LogP contribution in [-0.4, -0.2) is 98.7 Å². The van der Waals surface area contributed by atoms with Crippen LogP contribution < -0.4 is 0 Å². The Kier molecular flexibility index (Phi) is 8.31. The summed E-state index contributed by atoms with van der Waals surface area (Å²) in [6.07, 6.45) is 0.425. The second kappa shape index (κ2) is 9.90. The van der Waals surface area contributed by atoms with Crippen molar-refractivity contribution in [2.75, 3.05) is 53.4 Å². The van der Waals surface area contributed by atoms with E-state index in [-0.39, 0.29) is 6.10 Å². The minimum Gasteiger partial charge on any atom is -0.475 e. The van der Waals surface area contributed by atoms with Gasteiger partial charge in [0.1, 0.15) is 0 Å². The number of hydrogen-bond donors (Lipinski definition) is 1. The molecule has 29 heavy (non-hydrogen) atoms. The van der Waals surface area contributed by atoms with Crippen LogP contribution >= 0.6 is 0 Å². The number of carboxylic acids is 1. The molecule has 0 radical (unpaired) electrons. The van der Waals surface area contributed by atoms with Crippen molar-refractivity contribution in [1.29, 1.82) is 0 Å². The lowest BCUT2D eigenvalue weighted by molar-refractivity contribution is -0.192. The predicted molar refractivity (Wildman–Crippen MR) is 99.5 cm³/mol. The normalized spacial score (nSPS) is 27.4. The molecular formula is C17H30F3N3O5S. The largest absolute Gasteiger partial charge is 0.490 e. The fourth-order valence-corrected chi connectivity index (χ4v) is 5.24. The first-order valence-corrected chi connectivity index (χ1v) is 11.1. The second-order valence-corrected chi connectivity index (χ2v) is 10.1. The van der Waals surface area contributed by atoms with E-state index in [1.54, 1.807) is 18.4 Å². The Balaban J connectivity index is 0.000000370. The summed E-state index contributed by atoms with van der Waals surface area (Å²) in [7, 11) is -0.130. The summed E-state index contributed by atoms with van der Waals surface area (Å²) in [5.74, 6) is -1.62. The van der Waals surface area contributed by atoms with Crippen molar-refractivity contribution in [1.82, 2.24) is 13.5 Å². The van der Waals surface area contributed by atoms with Crippen molar-refractivity contribution in [2.45, 2.75) is 38.0 Å². The van der Waals surface area contributed by atoms with Gasteiger partial charge in [-0.1, -0.05) is 12.8 Å². The molecule has 0 spiro atoms. The van der Waals surface area contributed by atoms with Gasteiger partial charge in [0.05, 0.1) is 12.7 Å². The molecular weight excluding hydrogens is 415 g/mol. The van der Waals surface area contributed by atoms with Crippen LogP contribution in [0.1, 0.15) is 25.7 Å². The first-order valence-electron chi connectivity index (χ1n) is 9.73. The van der Waals surface area contributed by atoms with Crippen LogP contribution in [0.15, 0.2) is 0 Å². The molecule has 0 aromatic carbocycles. The van der Waals surface area contributed by atoms with Crippen molar-refractivity contribution < 1.29 is 36.2 Å². The zero-order valence-corrected chi connectivity index (χ0v) is 17.6. The molecule has 12 heteroatoms. The van der Waals surface area contributed by atoms with Crippen LogP contribution in [0.25, 0.3) is 0 Å². The van der Waals surface area contributed by atoms with Crippen molar-refractivity contribution in [2.24, 2.45) is 11.8 Å². The van der Waals surface area contributed by atoms with E-state index >= 15 is 0 Å². The molecule has 0 bridgehead atoms. The van der Waals surface area contributed by atoms with Crippen LogP contribution in [0.2, 0.25) is 0 Å². The molecule has 2 saturated heterocycles. The Morgan fingerprint density at radius 1 is 1.17 bits per heavy atom. The molecule has 3 fully saturated rings. The van der Waals surface area contributed by atoms with Gasteiger partial charge in [-0.3, -0.25) is 0 Å². The smallest absolute Gasteiger partial charge is 0.475 e. The summed E-state index contributed by atoms with van der Waals surface area (Å²) in [6, 6.07) is 0. The molecule has 170 valence electrons. The molecule has 2 aliphatic heterocycles. The number of ether oxygens (including phenoxy) is 1. The quantitative estimate of drug-likeness (QED) is 0.701. The maximum atomic E-state index is 12.3. The highest BCUT2D eigenvalue weighted by Crippen LogP contribution is 2.29. The van der Waals surface area contributed by atoms with E-state index < -0.39 is 22.4 Å². The molecule has 3 rings (SSSR count). The summed E-state index contributed by atoms with van der Waals surface area (Å²) < 4.78 is 65.2. The van der Waals surface area contributed by atoms with Gasteiger partial charge in [0.25, 0.3) is 10.2 Å². The van der Waals surface area contributed by atoms with E-state index in [1.807, 2.05) is 0 Å². The van der Waals surface area contributed by atoms with Crippen molar-refractivity contribution in [3.05, 3.63) is 0 Å². The molecule has 0 aromatic heterocycles. The van der Waals surface area contributed by atoms with Crippen LogP contribution in [-0.2, 0) is 19.7 Å². The van der Waals surface area contributed by atoms with E-state index in [4.69, 9.17) is 14.6 Å². The molecule has 1 aliphatic carbocycles. The molecule has 0 aromatic rings. The average molecular weight is 446 g/mol. The van der Waals surface area contributed by atoms with Gasteiger partial charge in [0, 0.05) is 52.7 Å². The third-order valence-corrected chi connectivity index (χ3v) is 7.47. The first kappa shape index (κ1) is 24.3. The van der Waals surface area contributed by atoms with Gasteiger partial charge in [-0.05, 0) is 18.8 Å². The third-order valence-electron chi connectivity index (χ3n) is 5.60. The van der Waals surface area contributed by atoms with Gasteiger partial charge in [-0.15, -0.1) is 0 Å². The van der Waals surface area contributed by atoms with E-state index in [0.717, 1.165) is 32.2 Å². The zero-order chi connectivity index (χ0) is 21.8. The standard InChI is InChI=1S/C15H29N3O3S.C2HF3O2/c1-16(2)22(19,20)18-11-14-10-17(7-8-21-15(14)12-18)9-13-5-3-4-6-13;3-2(4,5)1(6)7/h13-15H,3-12H2,1-2H3;(H,6,7)/t14-,15+;/m0./s1. The predicted octanol–water partition coefficient (Wildman–Crippen LogP) is 1.25. The Bertz CT molecular complexity index is 653. The third kappa shape index (κ3) is 6.78. The summed E-state index contributed by atoms with van der Waals surface area (Å²) >= 11 is 0. The molecule has 3 aliphatic rings. The van der Waals surface area contributed by atoms with Gasteiger partial charge in [0.15, 0.2) is 0 Å². The molecule has 2 atom stereocenters. The number of hydrogen-bond acceptors (Lipinski definition) is 5. The van der Waals surface area contributed by atoms with E-state index in [2.05, 4.69) is 4.90 Å². The number of carbonyl (C=O) groups is 1. The van der Waals surface area contributed by atoms with Gasteiger partial charge in [-0.2, -0.15) is 30.2 Å². The van der Waals surface area contributed by atoms with Gasteiger partial charge >= 0.3 is 12.1 Å². The van der Waals surface area contributed by atoms with E-state index in [1.165, 1.54) is 30.0 Å². The van der Waals surface area contributed by atoms with E-state index in [9.17, 15) is 21.6 Å². The molecule has 0 amide bonds. The minimum atomic E-state index is -5.08. The Hall–Kier alpha value is -0.950. The average Bonchev–Trinajstić information content (AvgIpc) is 3.21. The fraction of sp³-hybridized carbons (Fsp3) is 0.941. The lowest BCUT2D eigenvalue weighted by atomic mass is 10.0. The molecule has 1 saturated carbocycles. The number of aliphatic carboxylic acids is 1. The molecule has 1 N–H and O–H groups in total. The van der Waals surface area contributed by atoms with Crippen molar-refractivity contribution in [3.8, 4) is 0 Å². The number of rotatable bonds is 4. The minimum absolute atomic E-state index is 0.0586. The Labute approximate surface area is 169 Å². The number of halogens is 3. The zero-order valence-electron chi connectivity index (χ0n) is 16.8. The summed E-state index contributed by atoms with van der Waals surface area (Å²) in [5, 5.41) is 7.12. The highest BCUT2D eigenvalue weighted by Gasteiger charge is 2.42. The topological polar surface area (TPSA) is 90.4 Å². The van der Waals surface area contributed by atoms with Gasteiger partial charge < -0.3 is 14.7 Å². The van der Waals surface area contributed by atoms with Crippen LogP contribution in [0, 0.1) is 11.8 Å². The number of fused-ring (bicyclic) bond motifs is 1. The summed E-state index contributed by atoms with van der Waals surface area (Å²) in [5.41, 5.74) is 0. The number of carboxylic acid groups (broad SMARTS) is 1. The maximum Gasteiger partial charge on any atom is 0.490 e. The SMILES string of the molecule is CN(C)S(=O)(=O)N1C[C@@H]2CN(CC3CCCC3)CCO[C@@H]2C1.O=C(O)C(F)(F)F. The van der Waals surface area contributed by atoms with Crippen LogP contribution in [0.5, 0.6) is 0 Å². The number of alkyl halides is 3. The second-order valence-electron chi connectivity index (χ2n) is 7.99. The summed E-state index contributed by atoms with van der Waals surface area (Å²) in [4.78, 5) is 11.4. The highest BCUT2D eigenvalue weighted by molar-refractivity contribution is 7.86. The van der Waals surface area contributed by atoms with Crippen molar-refractivity contribution in [3.63, 3.8) is 0 Å². The molecule has 0 unspecified atom stereocenters. The highest BCUT2D eigenvalue weighted by atomic mass is 32.2. The monoisotopic (exact) mass is 445 g/mol. The lowest BCUT2D eigenvalue weighted by Crippen LogP contribution is -2.40. The Morgan fingerprint density at radius 2 is 1.76 bits per heavy atom. The Morgan fingerprint density at radius 3 is 2.28 bits per heavy atom. The van der Waals surface area contributed by atoms with Crippen LogP contribution in [0.4, 0.5) is 13.2 Å². The number of nitrogens with zero attached hydrogens (tertiary/aromatic N) is 3.